The third-order valence-corrected chi connectivity index (χ3v) is 7.62. The Morgan fingerprint density at radius 2 is 1.76 bits per heavy atom. The van der Waals surface area contributed by atoms with Gasteiger partial charge in [-0.3, -0.25) is 0 Å². The molecule has 0 atom stereocenters. The van der Waals surface area contributed by atoms with E-state index < -0.39 is 27.4 Å². The van der Waals surface area contributed by atoms with Crippen molar-refractivity contribution in [1.82, 2.24) is 13.1 Å². The van der Waals surface area contributed by atoms with Crippen molar-refractivity contribution in [3.63, 3.8) is 0 Å². The van der Waals surface area contributed by atoms with Crippen LogP contribution in [0.4, 0.5) is 13.2 Å². The maximum atomic E-state index is 13.1. The molecule has 1 N–H and O–H groups in total. The highest BCUT2D eigenvalue weighted by molar-refractivity contribution is 7.89. The van der Waals surface area contributed by atoms with Crippen molar-refractivity contribution in [2.75, 3.05) is 13.1 Å². The summed E-state index contributed by atoms with van der Waals surface area (Å²) in [7, 11) is -3.88. The van der Waals surface area contributed by atoms with Gasteiger partial charge in [-0.25, -0.2) is 8.42 Å². The van der Waals surface area contributed by atoms with E-state index in [1.54, 1.807) is 12.1 Å². The summed E-state index contributed by atoms with van der Waals surface area (Å²) in [5, 5.41) is 10.9. The molecule has 0 aliphatic carbocycles. The molecule has 1 aliphatic heterocycles. The van der Waals surface area contributed by atoms with Crippen molar-refractivity contribution in [3.8, 4) is 0 Å². The Labute approximate surface area is 169 Å². The Bertz CT molecular complexity index is 1150. The Hall–Kier alpha value is -2.08. The lowest BCUT2D eigenvalue weighted by Crippen LogP contribution is -2.45. The molecule has 0 saturated carbocycles. The second-order valence-corrected chi connectivity index (χ2v) is 9.34. The third-order valence-electron chi connectivity index (χ3n) is 5.14. The fourth-order valence-corrected chi connectivity index (χ4v) is 5.69. The molecule has 4 rings (SSSR count). The number of aliphatic hydroxyl groups is 1. The first-order valence-corrected chi connectivity index (χ1v) is 10.9. The van der Waals surface area contributed by atoms with Crippen LogP contribution in [0, 0.1) is 0 Å². The summed E-state index contributed by atoms with van der Waals surface area (Å²) in [5.74, 6) is 0. The van der Waals surface area contributed by atoms with Crippen LogP contribution in [0.3, 0.4) is 0 Å². The van der Waals surface area contributed by atoms with Gasteiger partial charge in [0.25, 0.3) is 0 Å². The molecule has 2 heterocycles. The van der Waals surface area contributed by atoms with E-state index in [1.807, 2.05) is 0 Å². The lowest BCUT2D eigenvalue weighted by Gasteiger charge is -2.38. The van der Waals surface area contributed by atoms with Gasteiger partial charge in [0.1, 0.15) is 15.9 Å². The third kappa shape index (κ3) is 3.63. The Morgan fingerprint density at radius 3 is 2.45 bits per heavy atom. The van der Waals surface area contributed by atoms with Crippen LogP contribution in [0.5, 0.6) is 0 Å². The summed E-state index contributed by atoms with van der Waals surface area (Å²) in [5.41, 5.74) is -1.47. The standard InChI is InChI=1S/C18H16F3N3O3S2/c19-18(20,21)13-4-1-3-12(11-13)17(25)7-9-24(10-8-17)29(26,27)15-6-2-5-14-16(15)23-28-22-14/h1-6,11,25H,7-10H2. The number of hydrogen-bond donors (Lipinski definition) is 1. The van der Waals surface area contributed by atoms with Crippen molar-refractivity contribution in [1.29, 1.82) is 0 Å². The summed E-state index contributed by atoms with van der Waals surface area (Å²) < 4.78 is 74.4. The van der Waals surface area contributed by atoms with E-state index in [1.165, 1.54) is 22.5 Å². The molecule has 2 aromatic carbocycles. The van der Waals surface area contributed by atoms with Crippen LogP contribution >= 0.6 is 11.7 Å². The minimum absolute atomic E-state index is 0.0150. The van der Waals surface area contributed by atoms with Gasteiger partial charge < -0.3 is 5.11 Å². The molecule has 0 bridgehead atoms. The Balaban J connectivity index is 1.58. The van der Waals surface area contributed by atoms with Gasteiger partial charge in [0, 0.05) is 13.1 Å². The van der Waals surface area contributed by atoms with Gasteiger partial charge in [-0.15, -0.1) is 0 Å². The number of sulfonamides is 1. The first-order valence-electron chi connectivity index (χ1n) is 8.73. The van der Waals surface area contributed by atoms with Crippen molar-refractivity contribution >= 4 is 32.8 Å². The van der Waals surface area contributed by atoms with E-state index in [2.05, 4.69) is 8.75 Å². The normalized spacial score (nSPS) is 18.2. The number of fused-ring (bicyclic) bond motifs is 1. The maximum Gasteiger partial charge on any atom is 0.416 e. The molecule has 0 unspecified atom stereocenters. The minimum atomic E-state index is -4.52. The molecule has 29 heavy (non-hydrogen) atoms. The van der Waals surface area contributed by atoms with Gasteiger partial charge in [-0.05, 0) is 42.7 Å². The largest absolute Gasteiger partial charge is 0.416 e. The van der Waals surface area contributed by atoms with Gasteiger partial charge in [-0.1, -0.05) is 18.2 Å². The quantitative estimate of drug-likeness (QED) is 0.671. The molecule has 154 valence electrons. The van der Waals surface area contributed by atoms with E-state index in [0.29, 0.717) is 5.52 Å². The molecule has 3 aromatic rings. The average molecular weight is 443 g/mol. The van der Waals surface area contributed by atoms with E-state index in [-0.39, 0.29) is 41.9 Å². The highest BCUT2D eigenvalue weighted by Gasteiger charge is 2.40. The zero-order valence-electron chi connectivity index (χ0n) is 14.9. The number of hydrogen-bond acceptors (Lipinski definition) is 6. The van der Waals surface area contributed by atoms with E-state index in [0.717, 1.165) is 23.9 Å². The van der Waals surface area contributed by atoms with E-state index in [4.69, 9.17) is 0 Å². The van der Waals surface area contributed by atoms with Gasteiger partial charge in [0.15, 0.2) is 0 Å². The van der Waals surface area contributed by atoms with E-state index in [9.17, 15) is 26.7 Å². The van der Waals surface area contributed by atoms with Crippen molar-refractivity contribution in [2.45, 2.75) is 29.5 Å². The number of rotatable bonds is 3. The zero-order chi connectivity index (χ0) is 20.9. The van der Waals surface area contributed by atoms with Crippen LogP contribution < -0.4 is 0 Å². The highest BCUT2D eigenvalue weighted by atomic mass is 32.2. The second-order valence-electron chi connectivity index (χ2n) is 6.90. The summed E-state index contributed by atoms with van der Waals surface area (Å²) in [6, 6.07) is 9.24. The van der Waals surface area contributed by atoms with Crippen LogP contribution in [-0.2, 0) is 21.8 Å². The van der Waals surface area contributed by atoms with Gasteiger partial charge in [0.05, 0.1) is 22.9 Å². The number of alkyl halides is 3. The van der Waals surface area contributed by atoms with Crippen LogP contribution in [0.2, 0.25) is 0 Å². The van der Waals surface area contributed by atoms with Gasteiger partial charge >= 0.3 is 6.18 Å². The molecular weight excluding hydrogens is 427 g/mol. The lowest BCUT2D eigenvalue weighted by molar-refractivity contribution is -0.137. The minimum Gasteiger partial charge on any atom is -0.385 e. The Morgan fingerprint density at radius 1 is 1.07 bits per heavy atom. The molecule has 1 fully saturated rings. The number of piperidine rings is 1. The van der Waals surface area contributed by atoms with Crippen LogP contribution in [-0.4, -0.2) is 39.7 Å². The predicted octanol–water partition coefficient (Wildman–Crippen LogP) is 3.38. The van der Waals surface area contributed by atoms with Crippen LogP contribution in [0.1, 0.15) is 24.0 Å². The maximum absolute atomic E-state index is 13.1. The van der Waals surface area contributed by atoms with Gasteiger partial charge in [0.2, 0.25) is 10.0 Å². The molecule has 0 spiro atoms. The molecule has 0 radical (unpaired) electrons. The topological polar surface area (TPSA) is 83.4 Å². The summed E-state index contributed by atoms with van der Waals surface area (Å²) in [6.07, 6.45) is -4.55. The van der Waals surface area contributed by atoms with Crippen LogP contribution in [0.15, 0.2) is 47.4 Å². The monoisotopic (exact) mass is 443 g/mol. The zero-order valence-corrected chi connectivity index (χ0v) is 16.6. The molecule has 1 saturated heterocycles. The van der Waals surface area contributed by atoms with Gasteiger partial charge in [-0.2, -0.15) is 26.2 Å². The van der Waals surface area contributed by atoms with E-state index >= 15 is 0 Å². The number of nitrogens with zero attached hydrogens (tertiary/aromatic N) is 3. The smallest absolute Gasteiger partial charge is 0.385 e. The number of halogens is 3. The summed E-state index contributed by atoms with van der Waals surface area (Å²) >= 11 is 0.915. The highest BCUT2D eigenvalue weighted by Crippen LogP contribution is 2.38. The molecule has 0 amide bonds. The lowest BCUT2D eigenvalue weighted by atomic mass is 9.84. The number of benzene rings is 2. The summed E-state index contributed by atoms with van der Waals surface area (Å²) in [6.45, 7) is -0.0495. The van der Waals surface area contributed by atoms with Crippen molar-refractivity contribution in [2.24, 2.45) is 0 Å². The average Bonchev–Trinajstić information content (AvgIpc) is 3.16. The Kier molecular flexibility index (Phi) is 4.88. The van der Waals surface area contributed by atoms with Crippen molar-refractivity contribution in [3.05, 3.63) is 53.6 Å². The number of aromatic nitrogens is 2. The molecule has 1 aliphatic rings. The summed E-state index contributed by atoms with van der Waals surface area (Å²) in [4.78, 5) is 0.0354. The fraction of sp³-hybridized carbons (Fsp3) is 0.333. The second kappa shape index (κ2) is 7.01. The SMILES string of the molecule is O=S(=O)(c1cccc2nsnc12)N1CCC(O)(c2cccc(C(F)(F)F)c2)CC1. The fourth-order valence-electron chi connectivity index (χ4n) is 3.50. The molecule has 1 aromatic heterocycles. The van der Waals surface area contributed by atoms with Crippen LogP contribution in [0.25, 0.3) is 11.0 Å². The molecule has 6 nitrogen and oxygen atoms in total. The first-order chi connectivity index (χ1) is 13.6. The predicted molar refractivity (Wildman–Crippen MR) is 101 cm³/mol. The molecule has 11 heteroatoms. The molecular formula is C18H16F3N3O3S2. The first kappa shape index (κ1) is 20.2. The van der Waals surface area contributed by atoms with Crippen molar-refractivity contribution < 1.29 is 26.7 Å².